The first kappa shape index (κ1) is 24.7. The van der Waals surface area contributed by atoms with Crippen LogP contribution in [0.4, 0.5) is 5.69 Å². The van der Waals surface area contributed by atoms with Crippen LogP contribution in [0, 0.1) is 0 Å². The van der Waals surface area contributed by atoms with Crippen molar-refractivity contribution in [3.05, 3.63) is 95.6 Å². The Morgan fingerprint density at radius 2 is 1.69 bits per heavy atom. The zero-order valence-corrected chi connectivity index (χ0v) is 20.6. The van der Waals surface area contributed by atoms with E-state index in [1.165, 1.54) is 17.5 Å². The maximum atomic E-state index is 13.2. The van der Waals surface area contributed by atoms with Crippen molar-refractivity contribution in [3.8, 4) is 5.75 Å². The van der Waals surface area contributed by atoms with Gasteiger partial charge in [-0.15, -0.1) is 0 Å². The molecule has 1 aliphatic rings. The van der Waals surface area contributed by atoms with E-state index in [-0.39, 0.29) is 10.8 Å². The SMILES string of the molecule is COc1ccc(C=CC(=O)Nc2ccccc2Cc2ccccc2)cc1S(=O)(=O)N1CCCCC1. The number of nitrogens with one attached hydrogen (secondary N) is 1. The molecule has 0 unspecified atom stereocenters. The molecule has 0 bridgehead atoms. The fraction of sp³-hybridized carbons (Fsp3) is 0.250. The second-order valence-electron chi connectivity index (χ2n) is 8.52. The second kappa shape index (κ2) is 11.3. The molecule has 3 aromatic rings. The van der Waals surface area contributed by atoms with Gasteiger partial charge in [0.15, 0.2) is 0 Å². The van der Waals surface area contributed by atoms with Crippen molar-refractivity contribution in [1.82, 2.24) is 4.31 Å². The number of hydrogen-bond donors (Lipinski definition) is 1. The number of rotatable bonds is 8. The summed E-state index contributed by atoms with van der Waals surface area (Å²) in [5.41, 5.74) is 3.52. The average Bonchev–Trinajstić information content (AvgIpc) is 2.89. The first-order chi connectivity index (χ1) is 17.0. The predicted molar refractivity (Wildman–Crippen MR) is 139 cm³/mol. The standard InChI is InChI=1S/C28H30N2O4S/c1-34-26-16-14-23(21-27(26)35(32,33)30-18-8-3-9-19-30)15-17-28(31)29-25-13-7-6-12-24(25)20-22-10-4-2-5-11-22/h2,4-7,10-17,21H,3,8-9,18-20H2,1H3,(H,29,31). The van der Waals surface area contributed by atoms with Crippen molar-refractivity contribution in [2.45, 2.75) is 30.6 Å². The summed E-state index contributed by atoms with van der Waals surface area (Å²) in [6, 6.07) is 22.7. The van der Waals surface area contributed by atoms with Crippen molar-refractivity contribution in [3.63, 3.8) is 0 Å². The van der Waals surface area contributed by atoms with Crippen LogP contribution in [0.2, 0.25) is 0 Å². The van der Waals surface area contributed by atoms with Crippen LogP contribution in [0.5, 0.6) is 5.75 Å². The summed E-state index contributed by atoms with van der Waals surface area (Å²) in [5, 5.41) is 2.94. The van der Waals surface area contributed by atoms with Gasteiger partial charge >= 0.3 is 0 Å². The van der Waals surface area contributed by atoms with Crippen LogP contribution in [0.15, 0.2) is 83.8 Å². The van der Waals surface area contributed by atoms with Crippen molar-refractivity contribution < 1.29 is 17.9 Å². The van der Waals surface area contributed by atoms with E-state index >= 15 is 0 Å². The van der Waals surface area contributed by atoms with Crippen LogP contribution < -0.4 is 10.1 Å². The Balaban J connectivity index is 1.51. The van der Waals surface area contributed by atoms with Gasteiger partial charge < -0.3 is 10.1 Å². The molecule has 1 N–H and O–H groups in total. The highest BCUT2D eigenvalue weighted by atomic mass is 32.2. The third-order valence-electron chi connectivity index (χ3n) is 6.06. The zero-order chi connectivity index (χ0) is 24.7. The van der Waals surface area contributed by atoms with E-state index < -0.39 is 10.0 Å². The lowest BCUT2D eigenvalue weighted by atomic mass is 10.0. The van der Waals surface area contributed by atoms with Crippen molar-refractivity contribution in [2.24, 2.45) is 0 Å². The fourth-order valence-electron chi connectivity index (χ4n) is 4.20. The normalized spacial score (nSPS) is 14.7. The maximum Gasteiger partial charge on any atom is 0.248 e. The lowest BCUT2D eigenvalue weighted by molar-refractivity contribution is -0.111. The number of amides is 1. The molecule has 7 heteroatoms. The minimum absolute atomic E-state index is 0.123. The van der Waals surface area contributed by atoms with E-state index in [1.807, 2.05) is 42.5 Å². The van der Waals surface area contributed by atoms with Gasteiger partial charge in [-0.05, 0) is 60.2 Å². The topological polar surface area (TPSA) is 75.7 Å². The molecular formula is C28H30N2O4S. The van der Waals surface area contributed by atoms with Gasteiger partial charge in [0.25, 0.3) is 0 Å². The Kier molecular flexibility index (Phi) is 8.00. The number of benzene rings is 3. The third kappa shape index (κ3) is 6.18. The monoisotopic (exact) mass is 490 g/mol. The Morgan fingerprint density at radius 1 is 0.971 bits per heavy atom. The van der Waals surface area contributed by atoms with Crippen LogP contribution in [-0.4, -0.2) is 38.8 Å². The second-order valence-corrected chi connectivity index (χ2v) is 10.4. The molecule has 0 saturated carbocycles. The van der Waals surface area contributed by atoms with Gasteiger partial charge in [0.2, 0.25) is 15.9 Å². The third-order valence-corrected chi connectivity index (χ3v) is 7.98. The van der Waals surface area contributed by atoms with Gasteiger partial charge in [-0.25, -0.2) is 8.42 Å². The molecule has 1 fully saturated rings. The Morgan fingerprint density at radius 3 is 2.43 bits per heavy atom. The van der Waals surface area contributed by atoms with E-state index in [4.69, 9.17) is 4.74 Å². The summed E-state index contributed by atoms with van der Waals surface area (Å²) >= 11 is 0. The molecule has 0 spiro atoms. The maximum absolute atomic E-state index is 13.2. The van der Waals surface area contributed by atoms with Crippen LogP contribution >= 0.6 is 0 Å². The molecule has 35 heavy (non-hydrogen) atoms. The number of sulfonamides is 1. The number of carbonyl (C=O) groups is 1. The molecule has 0 radical (unpaired) electrons. The number of anilines is 1. The molecule has 1 saturated heterocycles. The molecule has 0 aromatic heterocycles. The predicted octanol–water partition coefficient (Wildman–Crippen LogP) is 5.11. The van der Waals surface area contributed by atoms with E-state index in [9.17, 15) is 13.2 Å². The highest BCUT2D eigenvalue weighted by Gasteiger charge is 2.29. The number of piperidine rings is 1. The quantitative estimate of drug-likeness (QED) is 0.445. The van der Waals surface area contributed by atoms with Gasteiger partial charge in [0.1, 0.15) is 10.6 Å². The number of methoxy groups -OCH3 is 1. The molecule has 0 atom stereocenters. The summed E-state index contributed by atoms with van der Waals surface area (Å²) in [7, 11) is -2.22. The van der Waals surface area contributed by atoms with Gasteiger partial charge in [-0.2, -0.15) is 4.31 Å². The van der Waals surface area contributed by atoms with Crippen molar-refractivity contribution in [2.75, 3.05) is 25.5 Å². The van der Waals surface area contributed by atoms with Crippen LogP contribution in [-0.2, 0) is 21.2 Å². The minimum Gasteiger partial charge on any atom is -0.495 e. The van der Waals surface area contributed by atoms with Crippen LogP contribution in [0.25, 0.3) is 6.08 Å². The summed E-state index contributed by atoms with van der Waals surface area (Å²) < 4.78 is 33.3. The van der Waals surface area contributed by atoms with E-state index in [2.05, 4.69) is 17.4 Å². The lowest BCUT2D eigenvalue weighted by Crippen LogP contribution is -2.35. The largest absolute Gasteiger partial charge is 0.495 e. The highest BCUT2D eigenvalue weighted by molar-refractivity contribution is 7.89. The van der Waals surface area contributed by atoms with E-state index in [0.29, 0.717) is 30.8 Å². The van der Waals surface area contributed by atoms with Gasteiger partial charge in [0, 0.05) is 24.9 Å². The van der Waals surface area contributed by atoms with E-state index in [0.717, 1.165) is 36.1 Å². The van der Waals surface area contributed by atoms with E-state index in [1.54, 1.807) is 24.3 Å². The summed E-state index contributed by atoms with van der Waals surface area (Å²) in [6.07, 6.45) is 6.48. The minimum atomic E-state index is -3.68. The summed E-state index contributed by atoms with van der Waals surface area (Å²) in [6.45, 7) is 1.02. The van der Waals surface area contributed by atoms with Crippen molar-refractivity contribution >= 4 is 27.7 Å². The molecule has 4 rings (SSSR count). The van der Waals surface area contributed by atoms with Gasteiger partial charge in [-0.3, -0.25) is 4.79 Å². The number of nitrogens with zero attached hydrogens (tertiary/aromatic N) is 1. The first-order valence-corrected chi connectivity index (χ1v) is 13.2. The van der Waals surface area contributed by atoms with Crippen molar-refractivity contribution in [1.29, 1.82) is 0 Å². The average molecular weight is 491 g/mol. The summed E-state index contributed by atoms with van der Waals surface area (Å²) in [4.78, 5) is 12.8. The molecule has 1 heterocycles. The van der Waals surface area contributed by atoms with Gasteiger partial charge in [-0.1, -0.05) is 61.0 Å². The fourth-order valence-corrected chi connectivity index (χ4v) is 5.91. The molecule has 1 amide bonds. The molecule has 3 aromatic carbocycles. The summed E-state index contributed by atoms with van der Waals surface area (Å²) in [5.74, 6) is 0.00813. The lowest BCUT2D eigenvalue weighted by Gasteiger charge is -2.26. The Bertz CT molecular complexity index is 1300. The van der Waals surface area contributed by atoms with Gasteiger partial charge in [0.05, 0.1) is 7.11 Å². The van der Waals surface area contributed by atoms with Crippen LogP contribution in [0.3, 0.4) is 0 Å². The molecule has 0 aliphatic carbocycles. The highest BCUT2D eigenvalue weighted by Crippen LogP contribution is 2.30. The smallest absolute Gasteiger partial charge is 0.248 e. The Hall–Kier alpha value is -3.42. The molecule has 182 valence electrons. The molecule has 6 nitrogen and oxygen atoms in total. The number of hydrogen-bond acceptors (Lipinski definition) is 4. The first-order valence-electron chi connectivity index (χ1n) is 11.8. The van der Waals surface area contributed by atoms with Crippen LogP contribution in [0.1, 0.15) is 36.0 Å². The Labute approximate surface area is 207 Å². The molecule has 1 aliphatic heterocycles. The zero-order valence-electron chi connectivity index (χ0n) is 19.8. The number of carbonyl (C=O) groups excluding carboxylic acids is 1. The molecular weight excluding hydrogens is 460 g/mol. The number of ether oxygens (including phenoxy) is 1. The number of para-hydroxylation sites is 1.